The third kappa shape index (κ3) is 3.42. The molecule has 0 aromatic heterocycles. The third-order valence-corrected chi connectivity index (χ3v) is 1.44. The molecule has 4 heteroatoms. The summed E-state index contributed by atoms with van der Waals surface area (Å²) in [5.74, 6) is 4.98. The van der Waals surface area contributed by atoms with Crippen LogP contribution >= 0.6 is 0 Å². The summed E-state index contributed by atoms with van der Waals surface area (Å²) in [5.41, 5.74) is 7.61. The molecule has 0 fully saturated rings. The molecule has 0 aliphatic heterocycles. The van der Waals surface area contributed by atoms with Crippen LogP contribution in [0.4, 0.5) is 0 Å². The Labute approximate surface area is 60.9 Å². The summed E-state index contributed by atoms with van der Waals surface area (Å²) in [6, 6.07) is -0.0939. The molecule has 0 saturated carbocycles. The van der Waals surface area contributed by atoms with Gasteiger partial charge in [0.2, 0.25) is 5.91 Å². The van der Waals surface area contributed by atoms with Crippen LogP contribution in [0.1, 0.15) is 20.3 Å². The van der Waals surface area contributed by atoms with Gasteiger partial charge in [0.25, 0.3) is 0 Å². The van der Waals surface area contributed by atoms with Crippen LogP contribution in [0, 0.1) is 5.92 Å². The first kappa shape index (κ1) is 9.39. The minimum absolute atomic E-state index is 0.0939. The van der Waals surface area contributed by atoms with Gasteiger partial charge in [-0.1, -0.05) is 13.8 Å². The number of rotatable bonds is 3. The van der Waals surface area contributed by atoms with Crippen molar-refractivity contribution in [3.05, 3.63) is 0 Å². The number of carbonyl (C=O) groups excluding carboxylic acids is 1. The first-order valence-corrected chi connectivity index (χ1v) is 3.33. The Bertz CT molecular complexity index is 114. The zero-order chi connectivity index (χ0) is 8.15. The van der Waals surface area contributed by atoms with Crippen LogP contribution in [-0.4, -0.2) is 11.9 Å². The van der Waals surface area contributed by atoms with E-state index in [0.29, 0.717) is 12.3 Å². The molecule has 5 N–H and O–H groups in total. The summed E-state index contributed by atoms with van der Waals surface area (Å²) in [4.78, 5) is 10.6. The monoisotopic (exact) mass is 145 g/mol. The van der Waals surface area contributed by atoms with Crippen LogP contribution in [0.25, 0.3) is 0 Å². The Morgan fingerprint density at radius 3 is 2.40 bits per heavy atom. The van der Waals surface area contributed by atoms with Crippen molar-refractivity contribution >= 4 is 5.91 Å². The highest BCUT2D eigenvalue weighted by atomic mass is 16.2. The predicted octanol–water partition coefficient (Wildman–Crippen LogP) is -0.650. The van der Waals surface area contributed by atoms with Gasteiger partial charge in [0.15, 0.2) is 0 Å². The number of hydrogen-bond donors (Lipinski definition) is 3. The van der Waals surface area contributed by atoms with Crippen molar-refractivity contribution in [3.8, 4) is 0 Å². The van der Waals surface area contributed by atoms with E-state index in [0.717, 1.165) is 0 Å². The van der Waals surface area contributed by atoms with Crippen molar-refractivity contribution in [3.63, 3.8) is 0 Å². The van der Waals surface area contributed by atoms with Gasteiger partial charge in [-0.25, -0.2) is 5.84 Å². The molecule has 10 heavy (non-hydrogen) atoms. The van der Waals surface area contributed by atoms with Crippen LogP contribution in [0.2, 0.25) is 0 Å². The van der Waals surface area contributed by atoms with E-state index in [1.165, 1.54) is 0 Å². The Hall–Kier alpha value is -0.610. The number of hydrogen-bond acceptors (Lipinski definition) is 3. The molecule has 1 amide bonds. The largest absolute Gasteiger partial charge is 0.327 e. The van der Waals surface area contributed by atoms with Crippen molar-refractivity contribution in [2.75, 3.05) is 0 Å². The smallest absolute Gasteiger partial charge is 0.235 e. The fourth-order valence-electron chi connectivity index (χ4n) is 0.509. The summed E-state index contributed by atoms with van der Waals surface area (Å²) in [5, 5.41) is 0. The molecule has 4 nitrogen and oxygen atoms in total. The molecule has 0 saturated heterocycles. The lowest BCUT2D eigenvalue weighted by atomic mass is 10.0. The highest BCUT2D eigenvalue weighted by Crippen LogP contribution is 2.01. The molecule has 0 spiro atoms. The molecule has 0 bridgehead atoms. The molecule has 0 rings (SSSR count). The summed E-state index contributed by atoms with van der Waals surface area (Å²) >= 11 is 0. The van der Waals surface area contributed by atoms with Gasteiger partial charge in [-0.3, -0.25) is 10.2 Å². The van der Waals surface area contributed by atoms with E-state index in [4.69, 9.17) is 11.6 Å². The Balaban J connectivity index is 3.57. The van der Waals surface area contributed by atoms with Gasteiger partial charge < -0.3 is 5.73 Å². The minimum Gasteiger partial charge on any atom is -0.327 e. The third-order valence-electron chi connectivity index (χ3n) is 1.44. The normalized spacial score (nSPS) is 13.3. The molecule has 0 heterocycles. The highest BCUT2D eigenvalue weighted by Gasteiger charge is 2.10. The minimum atomic E-state index is -0.207. The molecule has 0 aromatic carbocycles. The quantitative estimate of drug-likeness (QED) is 0.280. The zero-order valence-electron chi connectivity index (χ0n) is 6.42. The van der Waals surface area contributed by atoms with Crippen LogP contribution in [-0.2, 0) is 4.79 Å². The van der Waals surface area contributed by atoms with Crippen molar-refractivity contribution in [2.45, 2.75) is 26.3 Å². The SMILES string of the molecule is CC(C)C(N)CC(=O)NN. The van der Waals surface area contributed by atoms with Crippen LogP contribution in [0.3, 0.4) is 0 Å². The van der Waals surface area contributed by atoms with Gasteiger partial charge in [0, 0.05) is 12.5 Å². The molecule has 1 atom stereocenters. The van der Waals surface area contributed by atoms with Crippen LogP contribution in [0.15, 0.2) is 0 Å². The lowest BCUT2D eigenvalue weighted by molar-refractivity contribution is -0.121. The predicted molar refractivity (Wildman–Crippen MR) is 39.8 cm³/mol. The summed E-state index contributed by atoms with van der Waals surface area (Å²) in [7, 11) is 0. The number of nitrogens with two attached hydrogens (primary N) is 2. The summed E-state index contributed by atoms with van der Waals surface area (Å²) in [6.45, 7) is 3.93. The second kappa shape index (κ2) is 4.24. The van der Waals surface area contributed by atoms with Gasteiger partial charge >= 0.3 is 0 Å². The van der Waals surface area contributed by atoms with E-state index in [-0.39, 0.29) is 11.9 Å². The molecule has 1 unspecified atom stereocenters. The van der Waals surface area contributed by atoms with Crippen LogP contribution in [0.5, 0.6) is 0 Å². The fraction of sp³-hybridized carbons (Fsp3) is 0.833. The van der Waals surface area contributed by atoms with E-state index in [1.54, 1.807) is 0 Å². The maximum Gasteiger partial charge on any atom is 0.235 e. The van der Waals surface area contributed by atoms with E-state index >= 15 is 0 Å². The van der Waals surface area contributed by atoms with Crippen molar-refractivity contribution in [1.29, 1.82) is 0 Å². The van der Waals surface area contributed by atoms with E-state index in [2.05, 4.69) is 0 Å². The number of amides is 1. The van der Waals surface area contributed by atoms with Gasteiger partial charge in [-0.05, 0) is 5.92 Å². The van der Waals surface area contributed by atoms with E-state index in [9.17, 15) is 4.79 Å². The molecule has 60 valence electrons. The standard InChI is InChI=1S/C6H15N3O/c1-4(2)5(7)3-6(10)9-8/h4-5H,3,7-8H2,1-2H3,(H,9,10). The Kier molecular flexibility index (Phi) is 3.99. The first-order valence-electron chi connectivity index (χ1n) is 3.33. The molecule has 0 aromatic rings. The molecule has 0 radical (unpaired) electrons. The average molecular weight is 145 g/mol. The lowest BCUT2D eigenvalue weighted by Gasteiger charge is -2.13. The maximum atomic E-state index is 10.6. The summed E-state index contributed by atoms with van der Waals surface area (Å²) in [6.07, 6.45) is 0.300. The number of nitrogens with one attached hydrogen (secondary N) is 1. The Morgan fingerprint density at radius 2 is 2.10 bits per heavy atom. The van der Waals surface area contributed by atoms with Gasteiger partial charge in [-0.15, -0.1) is 0 Å². The molecule has 0 aliphatic rings. The lowest BCUT2D eigenvalue weighted by Crippen LogP contribution is -2.37. The maximum absolute atomic E-state index is 10.6. The first-order chi connectivity index (χ1) is 4.57. The fourth-order valence-corrected chi connectivity index (χ4v) is 0.509. The van der Waals surface area contributed by atoms with Gasteiger partial charge in [0.1, 0.15) is 0 Å². The second-order valence-electron chi connectivity index (χ2n) is 2.68. The van der Waals surface area contributed by atoms with Gasteiger partial charge in [0.05, 0.1) is 0 Å². The molecule has 0 aliphatic carbocycles. The van der Waals surface area contributed by atoms with E-state index in [1.807, 2.05) is 19.3 Å². The Morgan fingerprint density at radius 1 is 1.60 bits per heavy atom. The van der Waals surface area contributed by atoms with Crippen LogP contribution < -0.4 is 17.0 Å². The summed E-state index contributed by atoms with van der Waals surface area (Å²) < 4.78 is 0. The number of hydrazine groups is 1. The van der Waals surface area contributed by atoms with Gasteiger partial charge in [-0.2, -0.15) is 0 Å². The topological polar surface area (TPSA) is 81.1 Å². The molecular weight excluding hydrogens is 130 g/mol. The number of carbonyl (C=O) groups is 1. The second-order valence-corrected chi connectivity index (χ2v) is 2.68. The zero-order valence-corrected chi connectivity index (χ0v) is 6.42. The highest BCUT2D eigenvalue weighted by molar-refractivity contribution is 5.75. The average Bonchev–Trinajstić information content (AvgIpc) is 1.87. The van der Waals surface area contributed by atoms with Crippen molar-refractivity contribution in [2.24, 2.45) is 17.5 Å². The molecular formula is C6H15N3O. The van der Waals surface area contributed by atoms with E-state index < -0.39 is 0 Å². The van der Waals surface area contributed by atoms with Crippen molar-refractivity contribution < 1.29 is 4.79 Å². The van der Waals surface area contributed by atoms with Crippen molar-refractivity contribution in [1.82, 2.24) is 5.43 Å².